The molecular formula is C21H26N2O5S. The Morgan fingerprint density at radius 1 is 1.10 bits per heavy atom. The molecule has 8 heteroatoms. The SMILES string of the molecule is COC(=O)c1cccc(NC(=O)[C@H](C)N(c2cc(C)ccc2C)S(C)(=O)=O)c1C. The molecule has 7 nitrogen and oxygen atoms in total. The first-order chi connectivity index (χ1) is 13.5. The van der Waals surface area contributed by atoms with Crippen molar-refractivity contribution in [1.82, 2.24) is 0 Å². The molecule has 1 atom stereocenters. The Labute approximate surface area is 171 Å². The summed E-state index contributed by atoms with van der Waals surface area (Å²) in [6.45, 7) is 6.86. The predicted molar refractivity (Wildman–Crippen MR) is 114 cm³/mol. The Kier molecular flexibility index (Phi) is 6.69. The summed E-state index contributed by atoms with van der Waals surface area (Å²) in [5.41, 5.74) is 3.36. The van der Waals surface area contributed by atoms with E-state index in [9.17, 15) is 18.0 Å². The third-order valence-electron chi connectivity index (χ3n) is 4.69. The maximum Gasteiger partial charge on any atom is 0.338 e. The molecule has 0 aliphatic carbocycles. The normalized spacial score (nSPS) is 12.2. The van der Waals surface area contributed by atoms with E-state index in [4.69, 9.17) is 4.74 Å². The zero-order valence-electron chi connectivity index (χ0n) is 17.4. The first kappa shape index (κ1) is 22.4. The van der Waals surface area contributed by atoms with Crippen LogP contribution in [0.2, 0.25) is 0 Å². The van der Waals surface area contributed by atoms with Gasteiger partial charge in [0.15, 0.2) is 0 Å². The van der Waals surface area contributed by atoms with Crippen LogP contribution in [0.4, 0.5) is 11.4 Å². The first-order valence-corrected chi connectivity index (χ1v) is 10.9. The number of ether oxygens (including phenoxy) is 1. The molecule has 2 rings (SSSR count). The second-order valence-electron chi connectivity index (χ2n) is 6.98. The van der Waals surface area contributed by atoms with Crippen molar-refractivity contribution < 1.29 is 22.7 Å². The van der Waals surface area contributed by atoms with Crippen molar-refractivity contribution in [2.75, 3.05) is 23.0 Å². The van der Waals surface area contributed by atoms with Gasteiger partial charge in [0.1, 0.15) is 6.04 Å². The number of rotatable bonds is 6. The summed E-state index contributed by atoms with van der Waals surface area (Å²) >= 11 is 0. The monoisotopic (exact) mass is 418 g/mol. The van der Waals surface area contributed by atoms with Crippen LogP contribution >= 0.6 is 0 Å². The van der Waals surface area contributed by atoms with E-state index in [-0.39, 0.29) is 0 Å². The van der Waals surface area contributed by atoms with Crippen molar-refractivity contribution in [3.63, 3.8) is 0 Å². The molecule has 0 spiro atoms. The molecule has 0 aliphatic rings. The summed E-state index contributed by atoms with van der Waals surface area (Å²) in [6.07, 6.45) is 1.07. The van der Waals surface area contributed by atoms with Crippen LogP contribution in [0, 0.1) is 20.8 Å². The third-order valence-corrected chi connectivity index (χ3v) is 5.92. The zero-order chi connectivity index (χ0) is 21.9. The standard InChI is InChI=1S/C21H26N2O5S/c1-13-10-11-14(2)19(12-13)23(29(6,26)27)16(4)20(24)22-18-9-7-8-17(15(18)3)21(25)28-5/h7-12,16H,1-6H3,(H,22,24)/t16-/m0/s1. The second kappa shape index (κ2) is 8.65. The molecule has 0 aromatic heterocycles. The van der Waals surface area contributed by atoms with Gasteiger partial charge in [0, 0.05) is 5.69 Å². The molecule has 0 saturated heterocycles. The largest absolute Gasteiger partial charge is 0.465 e. The number of hydrogen-bond donors (Lipinski definition) is 1. The number of esters is 1. The van der Waals surface area contributed by atoms with E-state index in [1.54, 1.807) is 38.1 Å². The summed E-state index contributed by atoms with van der Waals surface area (Å²) in [5, 5.41) is 2.73. The number of aryl methyl sites for hydroxylation is 2. The number of methoxy groups -OCH3 is 1. The lowest BCUT2D eigenvalue weighted by molar-refractivity contribution is -0.116. The van der Waals surface area contributed by atoms with Crippen LogP contribution in [0.1, 0.15) is 34.0 Å². The summed E-state index contributed by atoms with van der Waals surface area (Å²) in [4.78, 5) is 24.8. The van der Waals surface area contributed by atoms with E-state index in [1.165, 1.54) is 14.0 Å². The topological polar surface area (TPSA) is 92.8 Å². The number of benzene rings is 2. The molecule has 156 valence electrons. The van der Waals surface area contributed by atoms with Gasteiger partial charge in [-0.1, -0.05) is 18.2 Å². The number of amides is 1. The van der Waals surface area contributed by atoms with Gasteiger partial charge in [-0.2, -0.15) is 0 Å². The lowest BCUT2D eigenvalue weighted by Gasteiger charge is -2.30. The van der Waals surface area contributed by atoms with Gasteiger partial charge in [0.05, 0.1) is 24.6 Å². The van der Waals surface area contributed by atoms with Crippen LogP contribution in [0.5, 0.6) is 0 Å². The molecule has 0 bridgehead atoms. The van der Waals surface area contributed by atoms with Crippen LogP contribution in [-0.2, 0) is 19.6 Å². The van der Waals surface area contributed by atoms with E-state index < -0.39 is 27.9 Å². The highest BCUT2D eigenvalue weighted by Gasteiger charge is 2.30. The lowest BCUT2D eigenvalue weighted by atomic mass is 10.1. The van der Waals surface area contributed by atoms with Crippen LogP contribution < -0.4 is 9.62 Å². The van der Waals surface area contributed by atoms with Crippen molar-refractivity contribution in [2.45, 2.75) is 33.7 Å². The molecule has 2 aromatic rings. The number of nitrogens with one attached hydrogen (secondary N) is 1. The molecule has 2 aromatic carbocycles. The number of sulfonamides is 1. The van der Waals surface area contributed by atoms with Gasteiger partial charge < -0.3 is 10.1 Å². The number of anilines is 2. The van der Waals surface area contributed by atoms with Crippen molar-refractivity contribution in [1.29, 1.82) is 0 Å². The zero-order valence-corrected chi connectivity index (χ0v) is 18.3. The quantitative estimate of drug-likeness (QED) is 0.727. The molecule has 1 amide bonds. The van der Waals surface area contributed by atoms with Crippen molar-refractivity contribution >= 4 is 33.3 Å². The van der Waals surface area contributed by atoms with Crippen LogP contribution in [0.15, 0.2) is 36.4 Å². The van der Waals surface area contributed by atoms with Gasteiger partial charge in [-0.15, -0.1) is 0 Å². The minimum absolute atomic E-state index is 0.326. The average molecular weight is 419 g/mol. The lowest BCUT2D eigenvalue weighted by Crippen LogP contribution is -2.45. The maximum atomic E-state index is 12.9. The Bertz CT molecular complexity index is 1050. The molecule has 0 unspecified atom stereocenters. The molecule has 0 radical (unpaired) electrons. The van der Waals surface area contributed by atoms with Crippen molar-refractivity contribution in [3.05, 3.63) is 58.7 Å². The molecule has 1 N–H and O–H groups in total. The van der Waals surface area contributed by atoms with E-state index >= 15 is 0 Å². The fraction of sp³-hybridized carbons (Fsp3) is 0.333. The van der Waals surface area contributed by atoms with Gasteiger partial charge >= 0.3 is 5.97 Å². The van der Waals surface area contributed by atoms with Crippen LogP contribution in [0.25, 0.3) is 0 Å². The summed E-state index contributed by atoms with van der Waals surface area (Å²) < 4.78 is 30.9. The van der Waals surface area contributed by atoms with Crippen LogP contribution in [0.3, 0.4) is 0 Å². The smallest absolute Gasteiger partial charge is 0.338 e. The van der Waals surface area contributed by atoms with Gasteiger partial charge in [0.25, 0.3) is 0 Å². The number of carbonyl (C=O) groups excluding carboxylic acids is 2. The maximum absolute atomic E-state index is 12.9. The third kappa shape index (κ3) is 4.95. The van der Waals surface area contributed by atoms with Crippen molar-refractivity contribution in [2.24, 2.45) is 0 Å². The molecule has 29 heavy (non-hydrogen) atoms. The number of nitrogens with zero attached hydrogens (tertiary/aromatic N) is 1. The van der Waals surface area contributed by atoms with E-state index in [2.05, 4.69) is 5.32 Å². The molecule has 0 saturated carbocycles. The second-order valence-corrected chi connectivity index (χ2v) is 8.84. The summed E-state index contributed by atoms with van der Waals surface area (Å²) in [5.74, 6) is -1.03. The fourth-order valence-corrected chi connectivity index (χ4v) is 4.30. The van der Waals surface area contributed by atoms with Gasteiger partial charge in [-0.3, -0.25) is 9.10 Å². The Balaban J connectivity index is 2.41. The van der Waals surface area contributed by atoms with E-state index in [0.29, 0.717) is 22.5 Å². The highest BCUT2D eigenvalue weighted by atomic mass is 32.2. The molecule has 0 heterocycles. The van der Waals surface area contributed by atoms with E-state index in [1.807, 2.05) is 19.1 Å². The number of carbonyl (C=O) groups is 2. The van der Waals surface area contributed by atoms with E-state index in [0.717, 1.165) is 21.7 Å². The summed E-state index contributed by atoms with van der Waals surface area (Å²) in [7, 11) is -2.45. The summed E-state index contributed by atoms with van der Waals surface area (Å²) in [6, 6.07) is 9.30. The molecule has 0 aliphatic heterocycles. The van der Waals surface area contributed by atoms with Gasteiger partial charge in [-0.25, -0.2) is 13.2 Å². The first-order valence-electron chi connectivity index (χ1n) is 9.02. The highest BCUT2D eigenvalue weighted by Crippen LogP contribution is 2.27. The Morgan fingerprint density at radius 2 is 1.76 bits per heavy atom. The predicted octanol–water partition coefficient (Wildman–Crippen LogP) is 3.19. The van der Waals surface area contributed by atoms with Crippen LogP contribution in [-0.4, -0.2) is 39.7 Å². The van der Waals surface area contributed by atoms with Gasteiger partial charge in [-0.05, 0) is 62.6 Å². The fourth-order valence-electron chi connectivity index (χ4n) is 3.08. The Hall–Kier alpha value is -2.87. The van der Waals surface area contributed by atoms with Crippen molar-refractivity contribution in [3.8, 4) is 0 Å². The Morgan fingerprint density at radius 3 is 2.34 bits per heavy atom. The average Bonchev–Trinajstić information content (AvgIpc) is 2.64. The molecule has 0 fully saturated rings. The minimum atomic E-state index is -3.73. The molecular weight excluding hydrogens is 392 g/mol. The number of hydrogen-bond acceptors (Lipinski definition) is 5. The van der Waals surface area contributed by atoms with Gasteiger partial charge in [0.2, 0.25) is 15.9 Å². The minimum Gasteiger partial charge on any atom is -0.465 e. The highest BCUT2D eigenvalue weighted by molar-refractivity contribution is 7.92.